The van der Waals surface area contributed by atoms with Crippen molar-refractivity contribution in [2.75, 3.05) is 0 Å². The van der Waals surface area contributed by atoms with Gasteiger partial charge in [0.15, 0.2) is 0 Å². The van der Waals surface area contributed by atoms with E-state index in [1.54, 1.807) is 25.5 Å². The molecule has 2 unspecified atom stereocenters. The second kappa shape index (κ2) is 5.51. The molecule has 2 atom stereocenters. The molecule has 1 aliphatic rings. The van der Waals surface area contributed by atoms with E-state index in [9.17, 15) is 18.0 Å². The van der Waals surface area contributed by atoms with E-state index in [1.807, 2.05) is 0 Å². The van der Waals surface area contributed by atoms with Gasteiger partial charge >= 0.3 is 12.1 Å². The highest BCUT2D eigenvalue weighted by molar-refractivity contribution is 7.91. The van der Waals surface area contributed by atoms with Crippen LogP contribution in [0.25, 0.3) is 0 Å². The number of carboxylic acids is 1. The summed E-state index contributed by atoms with van der Waals surface area (Å²) >= 11 is 0. The number of carboxylic acid groups (broad SMARTS) is 1. The van der Waals surface area contributed by atoms with Gasteiger partial charge in [0.2, 0.25) is 10.0 Å². The quantitative estimate of drug-likeness (QED) is 0.814. The van der Waals surface area contributed by atoms with Crippen molar-refractivity contribution < 1.29 is 27.9 Å². The number of sulfonamides is 1. The maximum atomic E-state index is 12.4. The van der Waals surface area contributed by atoms with Crippen molar-refractivity contribution in [3.63, 3.8) is 0 Å². The van der Waals surface area contributed by atoms with E-state index in [0.29, 0.717) is 0 Å². The summed E-state index contributed by atoms with van der Waals surface area (Å²) in [4.78, 5) is 22.9. The highest BCUT2D eigenvalue weighted by Crippen LogP contribution is 2.32. The van der Waals surface area contributed by atoms with Crippen molar-refractivity contribution in [2.24, 2.45) is 5.92 Å². The van der Waals surface area contributed by atoms with Crippen molar-refractivity contribution >= 4 is 22.1 Å². The van der Waals surface area contributed by atoms with Crippen LogP contribution in [0, 0.1) is 5.92 Å². The van der Waals surface area contributed by atoms with Gasteiger partial charge in [0.25, 0.3) is 0 Å². The van der Waals surface area contributed by atoms with Crippen molar-refractivity contribution in [1.82, 2.24) is 4.72 Å². The molecule has 0 fully saturated rings. The highest BCUT2D eigenvalue weighted by Gasteiger charge is 2.48. The van der Waals surface area contributed by atoms with Crippen molar-refractivity contribution in [3.8, 4) is 0 Å². The predicted molar refractivity (Wildman–Crippen MR) is 76.1 cm³/mol. The van der Waals surface area contributed by atoms with Gasteiger partial charge in [0.05, 0.1) is 5.92 Å². The summed E-state index contributed by atoms with van der Waals surface area (Å²) in [5.41, 5.74) is -0.866. The average Bonchev–Trinajstić information content (AvgIpc) is 2.25. The number of aliphatic carboxylic acids is 1. The Morgan fingerprint density at radius 2 is 1.86 bits per heavy atom. The fraction of sp³-hybridized carbons (Fsp3) is 0.538. The number of hydrogen-bond donors (Lipinski definition) is 2. The Morgan fingerprint density at radius 3 is 2.33 bits per heavy atom. The van der Waals surface area contributed by atoms with Gasteiger partial charge in [-0.25, -0.2) is 17.9 Å². The van der Waals surface area contributed by atoms with Crippen LogP contribution < -0.4 is 4.72 Å². The molecule has 0 spiro atoms. The first-order valence-electron chi connectivity index (χ1n) is 6.23. The topological polar surface area (TPSA) is 110 Å². The molecule has 118 valence electrons. The molecule has 8 heteroatoms. The number of allylic oxidation sites excluding steroid dienone is 2. The van der Waals surface area contributed by atoms with Gasteiger partial charge in [0.1, 0.15) is 10.3 Å². The Balaban J connectivity index is 3.06. The Bertz CT molecular complexity index is 599. The first-order valence-corrected chi connectivity index (χ1v) is 7.71. The molecule has 0 aromatic rings. The Morgan fingerprint density at radius 1 is 1.29 bits per heavy atom. The average molecular weight is 317 g/mol. The fourth-order valence-corrected chi connectivity index (χ4v) is 3.07. The van der Waals surface area contributed by atoms with Crippen LogP contribution in [-0.4, -0.2) is 35.9 Å². The molecule has 1 rings (SSSR count). The summed E-state index contributed by atoms with van der Waals surface area (Å²) < 4.78 is 29.6. The lowest BCUT2D eigenvalue weighted by atomic mass is 9.89. The highest BCUT2D eigenvalue weighted by atomic mass is 32.2. The second-order valence-corrected chi connectivity index (χ2v) is 7.94. The van der Waals surface area contributed by atoms with Crippen LogP contribution in [0.3, 0.4) is 0 Å². The van der Waals surface area contributed by atoms with Crippen LogP contribution >= 0.6 is 0 Å². The molecular weight excluding hydrogens is 298 g/mol. The number of amides is 1. The predicted octanol–water partition coefficient (Wildman–Crippen LogP) is 1.43. The smallest absolute Gasteiger partial charge is 0.421 e. The van der Waals surface area contributed by atoms with Crippen molar-refractivity contribution in [3.05, 3.63) is 24.3 Å². The van der Waals surface area contributed by atoms with E-state index in [2.05, 4.69) is 0 Å². The summed E-state index contributed by atoms with van der Waals surface area (Å²) in [6.45, 7) is 6.00. The van der Waals surface area contributed by atoms with Gasteiger partial charge in [-0.05, 0) is 27.7 Å². The lowest BCUT2D eigenvalue weighted by Crippen LogP contribution is -2.52. The zero-order valence-electron chi connectivity index (χ0n) is 12.3. The van der Waals surface area contributed by atoms with Gasteiger partial charge < -0.3 is 9.84 Å². The van der Waals surface area contributed by atoms with E-state index < -0.39 is 38.4 Å². The lowest BCUT2D eigenvalue weighted by molar-refractivity contribution is -0.140. The largest absolute Gasteiger partial charge is 0.481 e. The standard InChI is InChI=1S/C13H19NO6S/c1-12(2,3)20-11(17)14-21(18,19)13(4)8-6-5-7-9(13)10(15)16/h5-9H,1-4H3,(H,14,17)(H,15,16). The fourth-order valence-electron chi connectivity index (χ4n) is 1.82. The van der Waals surface area contributed by atoms with Crippen LogP contribution in [0.2, 0.25) is 0 Å². The van der Waals surface area contributed by atoms with E-state index >= 15 is 0 Å². The minimum atomic E-state index is -4.29. The zero-order valence-corrected chi connectivity index (χ0v) is 13.1. The summed E-state index contributed by atoms with van der Waals surface area (Å²) in [5, 5.41) is 9.16. The molecule has 0 saturated heterocycles. The monoisotopic (exact) mass is 317 g/mol. The van der Waals surface area contributed by atoms with Crippen LogP contribution in [0.15, 0.2) is 24.3 Å². The number of carbonyl (C=O) groups excluding carboxylic acids is 1. The van der Waals surface area contributed by atoms with Gasteiger partial charge in [-0.2, -0.15) is 0 Å². The zero-order chi connectivity index (χ0) is 16.5. The molecule has 0 radical (unpaired) electrons. The molecule has 0 aromatic heterocycles. The summed E-state index contributed by atoms with van der Waals surface area (Å²) in [7, 11) is -4.29. The second-order valence-electron chi connectivity index (χ2n) is 5.85. The Labute approximate surface area is 123 Å². The summed E-state index contributed by atoms with van der Waals surface area (Å²) in [5.74, 6) is -2.60. The third kappa shape index (κ3) is 3.84. The first kappa shape index (κ1) is 17.2. The van der Waals surface area contributed by atoms with E-state index in [0.717, 1.165) is 0 Å². The van der Waals surface area contributed by atoms with E-state index in [1.165, 1.54) is 31.2 Å². The molecule has 7 nitrogen and oxygen atoms in total. The van der Waals surface area contributed by atoms with Crippen LogP contribution in [0.4, 0.5) is 4.79 Å². The lowest BCUT2D eigenvalue weighted by Gasteiger charge is -2.32. The number of carbonyl (C=O) groups is 2. The SMILES string of the molecule is CC(C)(C)OC(=O)NS(=O)(=O)C1(C)C=CC=CC1C(=O)O. The number of rotatable bonds is 3. The number of ether oxygens (including phenoxy) is 1. The van der Waals surface area contributed by atoms with Gasteiger partial charge in [-0.3, -0.25) is 4.79 Å². The molecule has 2 N–H and O–H groups in total. The maximum Gasteiger partial charge on any atom is 0.421 e. The van der Waals surface area contributed by atoms with E-state index in [4.69, 9.17) is 9.84 Å². The summed E-state index contributed by atoms with van der Waals surface area (Å²) in [6.07, 6.45) is 4.22. The first-order chi connectivity index (χ1) is 9.39. The molecule has 0 heterocycles. The number of hydrogen-bond acceptors (Lipinski definition) is 5. The molecule has 1 amide bonds. The van der Waals surface area contributed by atoms with E-state index in [-0.39, 0.29) is 0 Å². The van der Waals surface area contributed by atoms with Gasteiger partial charge in [-0.15, -0.1) is 0 Å². The Kier molecular flexibility index (Phi) is 4.52. The normalized spacial score (nSPS) is 25.4. The van der Waals surface area contributed by atoms with Crippen LogP contribution in [0.5, 0.6) is 0 Å². The molecule has 0 aromatic carbocycles. The number of nitrogens with one attached hydrogen (secondary N) is 1. The minimum absolute atomic E-state index is 0.866. The molecule has 0 aliphatic heterocycles. The van der Waals surface area contributed by atoms with Crippen molar-refractivity contribution in [2.45, 2.75) is 38.0 Å². The molecule has 21 heavy (non-hydrogen) atoms. The van der Waals surface area contributed by atoms with Crippen molar-refractivity contribution in [1.29, 1.82) is 0 Å². The minimum Gasteiger partial charge on any atom is -0.481 e. The molecule has 1 aliphatic carbocycles. The maximum absolute atomic E-state index is 12.4. The summed E-state index contributed by atoms with van der Waals surface area (Å²) in [6, 6.07) is 0. The molecule has 0 saturated carbocycles. The van der Waals surface area contributed by atoms with Gasteiger partial charge in [-0.1, -0.05) is 24.3 Å². The van der Waals surface area contributed by atoms with Crippen LogP contribution in [0.1, 0.15) is 27.7 Å². The molecular formula is C13H19NO6S. The third-order valence-electron chi connectivity index (χ3n) is 2.92. The third-order valence-corrected chi connectivity index (χ3v) is 4.90. The Hall–Kier alpha value is -1.83. The van der Waals surface area contributed by atoms with Gasteiger partial charge in [0, 0.05) is 0 Å². The molecule has 0 bridgehead atoms. The van der Waals surface area contributed by atoms with Crippen LogP contribution in [-0.2, 0) is 19.6 Å².